The maximum Gasteiger partial charge on any atom is 0.414 e. The first-order valence-corrected chi connectivity index (χ1v) is 18.4. The second-order valence-corrected chi connectivity index (χ2v) is 15.1. The zero-order valence-electron chi connectivity index (χ0n) is 26.2. The minimum Gasteiger partial charge on any atom is -0.465 e. The van der Waals surface area contributed by atoms with Crippen molar-refractivity contribution in [2.75, 3.05) is 19.5 Å². The number of allylic oxidation sites excluding steroid dienone is 2. The van der Waals surface area contributed by atoms with E-state index < -0.39 is 42.4 Å². The van der Waals surface area contributed by atoms with Gasteiger partial charge in [-0.3, -0.25) is 9.42 Å². The van der Waals surface area contributed by atoms with Crippen LogP contribution in [0.1, 0.15) is 55.7 Å². The van der Waals surface area contributed by atoms with Gasteiger partial charge >= 0.3 is 16.9 Å². The molecule has 1 aromatic heterocycles. The smallest absolute Gasteiger partial charge is 0.414 e. The highest BCUT2D eigenvalue weighted by molar-refractivity contribution is 7.91. The molecule has 5 rings (SSSR count). The number of hydrogen-bond donors (Lipinski definition) is 0. The Morgan fingerprint density at radius 1 is 0.917 bits per heavy atom. The largest absolute Gasteiger partial charge is 0.465 e. The van der Waals surface area contributed by atoms with Crippen LogP contribution in [-0.2, 0) is 29.2 Å². The Labute approximate surface area is 277 Å². The molecule has 3 aromatic carbocycles. The van der Waals surface area contributed by atoms with Gasteiger partial charge in [0.05, 0.1) is 34.6 Å². The van der Waals surface area contributed by atoms with E-state index >= 15 is 0 Å². The zero-order valence-corrected chi connectivity index (χ0v) is 27.9. The number of rotatable bonds is 14. The third-order valence-corrected chi connectivity index (χ3v) is 10.6. The number of benzene rings is 3. The van der Waals surface area contributed by atoms with Crippen LogP contribution in [0.3, 0.4) is 0 Å². The molecule has 0 aliphatic heterocycles. The molecular formula is C34H33FN2O9S2. The summed E-state index contributed by atoms with van der Waals surface area (Å²) >= 11 is 0. The third-order valence-electron chi connectivity index (χ3n) is 7.79. The van der Waals surface area contributed by atoms with Crippen LogP contribution in [0.15, 0.2) is 97.8 Å². The van der Waals surface area contributed by atoms with Gasteiger partial charge in [-0.15, -0.1) is 0 Å². The van der Waals surface area contributed by atoms with Crippen LogP contribution in [0.2, 0.25) is 0 Å². The van der Waals surface area contributed by atoms with E-state index in [1.807, 2.05) is 13.0 Å². The molecule has 1 heterocycles. The number of aromatic nitrogens is 2. The number of fused-ring (bicyclic) bond motifs is 1. The number of hydrogen-bond acceptors (Lipinski definition) is 10. The van der Waals surface area contributed by atoms with E-state index in [0.29, 0.717) is 36.8 Å². The van der Waals surface area contributed by atoms with Gasteiger partial charge in [0.25, 0.3) is 9.84 Å². The van der Waals surface area contributed by atoms with Crippen molar-refractivity contribution in [1.29, 1.82) is 0 Å². The Balaban J connectivity index is 1.11. The average molecular weight is 697 g/mol. The van der Waals surface area contributed by atoms with Gasteiger partial charge in [0.1, 0.15) is 5.82 Å². The maximum absolute atomic E-state index is 14.3. The summed E-state index contributed by atoms with van der Waals surface area (Å²) in [6.07, 6.45) is 5.42. The van der Waals surface area contributed by atoms with Crippen molar-refractivity contribution in [2.24, 2.45) is 0 Å². The number of carbonyl (C=O) groups excluding carboxylic acids is 1. The van der Waals surface area contributed by atoms with E-state index in [0.717, 1.165) is 28.5 Å². The Morgan fingerprint density at radius 3 is 2.29 bits per heavy atom. The lowest BCUT2D eigenvalue weighted by atomic mass is 10.0. The molecular weight excluding hydrogens is 664 g/mol. The van der Waals surface area contributed by atoms with E-state index in [1.54, 1.807) is 24.3 Å². The standard InChI is InChI=1S/C34H33FN2O9S2/c1-23-29(20-24-12-15-26(16-13-24)47(2,40)41)28-17-14-25(35)21-31(28)30(23)22-32(38)44-18-8-3-4-9-19-45-33-34(37(39)46-36-33)48(42,43)27-10-6-5-7-11-27/h5-7,10-17,20-21H,3-4,8-9,18-19,22H2,1-2H3/b29-20-. The van der Waals surface area contributed by atoms with Crippen molar-refractivity contribution in [2.45, 2.75) is 53.8 Å². The van der Waals surface area contributed by atoms with Gasteiger partial charge in [-0.05, 0) is 113 Å². The number of halogens is 1. The van der Waals surface area contributed by atoms with Crippen LogP contribution in [0.4, 0.5) is 4.39 Å². The molecule has 0 bridgehead atoms. The summed E-state index contributed by atoms with van der Waals surface area (Å²) in [5, 5.41) is 14.7. The van der Waals surface area contributed by atoms with Crippen molar-refractivity contribution in [1.82, 2.24) is 5.16 Å². The summed E-state index contributed by atoms with van der Waals surface area (Å²) in [5.74, 6) is -1.30. The van der Waals surface area contributed by atoms with E-state index in [9.17, 15) is 31.2 Å². The number of ether oxygens (including phenoxy) is 2. The van der Waals surface area contributed by atoms with Gasteiger partial charge in [0.15, 0.2) is 9.84 Å². The normalized spacial score (nSPS) is 13.9. The van der Waals surface area contributed by atoms with Crippen molar-refractivity contribution < 1.29 is 45.0 Å². The molecule has 0 spiro atoms. The van der Waals surface area contributed by atoms with Crippen LogP contribution >= 0.6 is 0 Å². The first-order chi connectivity index (χ1) is 22.9. The monoisotopic (exact) mass is 696 g/mol. The molecule has 0 saturated heterocycles. The molecule has 48 heavy (non-hydrogen) atoms. The van der Waals surface area contributed by atoms with Crippen molar-refractivity contribution in [3.05, 3.63) is 106 Å². The summed E-state index contributed by atoms with van der Waals surface area (Å²) in [4.78, 5) is 12.7. The van der Waals surface area contributed by atoms with Gasteiger partial charge in [-0.25, -0.2) is 21.2 Å². The van der Waals surface area contributed by atoms with E-state index in [2.05, 4.69) is 9.79 Å². The fraction of sp³-hybridized carbons (Fsp3) is 0.265. The predicted molar refractivity (Wildman–Crippen MR) is 173 cm³/mol. The zero-order chi connectivity index (χ0) is 34.5. The summed E-state index contributed by atoms with van der Waals surface area (Å²) in [6.45, 7) is 2.12. The number of carbonyl (C=O) groups is 1. The van der Waals surface area contributed by atoms with Crippen LogP contribution in [0.25, 0.3) is 17.2 Å². The van der Waals surface area contributed by atoms with Crippen LogP contribution in [0.5, 0.6) is 5.88 Å². The highest BCUT2D eigenvalue weighted by Gasteiger charge is 2.35. The van der Waals surface area contributed by atoms with Gasteiger partial charge < -0.3 is 14.7 Å². The fourth-order valence-electron chi connectivity index (χ4n) is 5.31. The fourth-order valence-corrected chi connectivity index (χ4v) is 7.23. The highest BCUT2D eigenvalue weighted by atomic mass is 32.2. The van der Waals surface area contributed by atoms with Gasteiger partial charge in [0, 0.05) is 6.26 Å². The number of unbranched alkanes of at least 4 members (excludes halogenated alkanes) is 3. The molecule has 0 radical (unpaired) electrons. The van der Waals surface area contributed by atoms with Gasteiger partial charge in [0.2, 0.25) is 0 Å². The van der Waals surface area contributed by atoms with E-state index in [4.69, 9.17) is 9.47 Å². The lowest BCUT2D eigenvalue weighted by Crippen LogP contribution is -2.30. The molecule has 0 unspecified atom stereocenters. The Morgan fingerprint density at radius 2 is 1.60 bits per heavy atom. The topological polar surface area (TPSA) is 157 Å². The van der Waals surface area contributed by atoms with E-state index in [-0.39, 0.29) is 34.3 Å². The van der Waals surface area contributed by atoms with Crippen LogP contribution in [0, 0.1) is 11.0 Å². The van der Waals surface area contributed by atoms with Crippen molar-refractivity contribution in [3.8, 4) is 5.88 Å². The molecule has 0 atom stereocenters. The van der Waals surface area contributed by atoms with Gasteiger partial charge in [-0.2, -0.15) is 0 Å². The molecule has 0 fully saturated rings. The first-order valence-electron chi connectivity index (χ1n) is 15.1. The van der Waals surface area contributed by atoms with Crippen LogP contribution < -0.4 is 9.64 Å². The van der Waals surface area contributed by atoms with Crippen LogP contribution in [-0.4, -0.2) is 47.4 Å². The number of esters is 1. The quantitative estimate of drug-likeness (QED) is 0.0926. The first kappa shape index (κ1) is 34.5. The van der Waals surface area contributed by atoms with Crippen molar-refractivity contribution >= 4 is 42.9 Å². The minimum atomic E-state index is -4.20. The Kier molecular flexibility index (Phi) is 10.4. The summed E-state index contributed by atoms with van der Waals surface area (Å²) < 4.78 is 79.0. The molecule has 0 N–H and O–H groups in total. The summed E-state index contributed by atoms with van der Waals surface area (Å²) in [5.41, 5.74) is 4.40. The third kappa shape index (κ3) is 7.82. The SMILES string of the molecule is CC1=C(CC(=O)OCCCCCCOc2no[n+]([O-])c2S(=O)(=O)c2ccccc2)c2cc(F)ccc2/C1=C\c1ccc(S(C)(=O)=O)cc1. The Bertz CT molecular complexity index is 2090. The van der Waals surface area contributed by atoms with Gasteiger partial charge in [-0.1, -0.05) is 36.4 Å². The number of sulfone groups is 2. The summed E-state index contributed by atoms with van der Waals surface area (Å²) in [7, 11) is -7.53. The number of nitrogens with zero attached hydrogens (tertiary/aromatic N) is 2. The average Bonchev–Trinajstić information content (AvgIpc) is 3.55. The minimum absolute atomic E-state index is 0.0495. The lowest BCUT2D eigenvalue weighted by molar-refractivity contribution is -0.832. The van der Waals surface area contributed by atoms with E-state index in [1.165, 1.54) is 48.5 Å². The molecule has 4 aromatic rings. The molecule has 252 valence electrons. The summed E-state index contributed by atoms with van der Waals surface area (Å²) in [6, 6.07) is 18.3. The molecule has 14 heteroatoms. The molecule has 1 aliphatic rings. The van der Waals surface area contributed by atoms with Crippen molar-refractivity contribution in [3.63, 3.8) is 0 Å². The maximum atomic E-state index is 14.3. The second-order valence-electron chi connectivity index (χ2n) is 11.2. The molecule has 11 nitrogen and oxygen atoms in total. The Hall–Kier alpha value is -4.82. The highest BCUT2D eigenvalue weighted by Crippen LogP contribution is 2.44. The second kappa shape index (κ2) is 14.5. The molecule has 1 aliphatic carbocycles. The molecule has 0 amide bonds. The predicted octanol–water partition coefficient (Wildman–Crippen LogP) is 5.58. The lowest BCUT2D eigenvalue weighted by Gasteiger charge is -2.08. The molecule has 0 saturated carbocycles.